The van der Waals surface area contributed by atoms with E-state index < -0.39 is 5.82 Å². The minimum Gasteiger partial charge on any atom is -0.322 e. The summed E-state index contributed by atoms with van der Waals surface area (Å²) in [6.07, 6.45) is 0. The van der Waals surface area contributed by atoms with Crippen LogP contribution in [0, 0.1) is 12.7 Å². The number of anilines is 1. The fourth-order valence-electron chi connectivity index (χ4n) is 1.51. The number of hydrogen-bond acceptors (Lipinski definition) is 1. The highest BCUT2D eigenvalue weighted by Gasteiger charge is 2.09. The Morgan fingerprint density at radius 3 is 2.47 bits per heavy atom. The van der Waals surface area contributed by atoms with Gasteiger partial charge in [0.25, 0.3) is 5.91 Å². The minimum absolute atomic E-state index is 0.269. The van der Waals surface area contributed by atoms with Crippen LogP contribution in [0.1, 0.15) is 15.9 Å². The molecular weight excluding hydrogens is 377 g/mol. The van der Waals surface area contributed by atoms with Gasteiger partial charge in [0.05, 0.1) is 4.47 Å². The molecule has 98 valence electrons. The molecule has 2 nitrogen and oxygen atoms in total. The summed E-state index contributed by atoms with van der Waals surface area (Å²) < 4.78 is 14.3. The van der Waals surface area contributed by atoms with Crippen molar-refractivity contribution < 1.29 is 9.18 Å². The first kappa shape index (κ1) is 14.2. The highest BCUT2D eigenvalue weighted by atomic mass is 79.9. The Morgan fingerprint density at radius 1 is 1.11 bits per heavy atom. The van der Waals surface area contributed by atoms with Crippen molar-refractivity contribution in [2.45, 2.75) is 6.92 Å². The Kier molecular flexibility index (Phi) is 4.37. The van der Waals surface area contributed by atoms with Crippen molar-refractivity contribution in [2.75, 3.05) is 5.32 Å². The van der Waals surface area contributed by atoms with E-state index in [2.05, 4.69) is 37.2 Å². The molecule has 2 aromatic carbocycles. The van der Waals surface area contributed by atoms with Crippen LogP contribution in [-0.4, -0.2) is 5.91 Å². The second-order valence-electron chi connectivity index (χ2n) is 4.05. The van der Waals surface area contributed by atoms with Crippen molar-refractivity contribution in [1.82, 2.24) is 0 Å². The molecule has 1 amide bonds. The van der Waals surface area contributed by atoms with Crippen LogP contribution in [0.5, 0.6) is 0 Å². The lowest BCUT2D eigenvalue weighted by Crippen LogP contribution is -2.12. The molecule has 0 aromatic heterocycles. The van der Waals surface area contributed by atoms with Crippen molar-refractivity contribution in [3.05, 3.63) is 62.3 Å². The summed E-state index contributed by atoms with van der Waals surface area (Å²) in [6, 6.07) is 9.69. The van der Waals surface area contributed by atoms with Crippen molar-refractivity contribution >= 4 is 43.5 Å². The predicted octanol–water partition coefficient (Wildman–Crippen LogP) is 4.91. The number of rotatable bonds is 2. The Bertz CT molecular complexity index is 643. The summed E-state index contributed by atoms with van der Waals surface area (Å²) in [5.74, 6) is -0.675. The lowest BCUT2D eigenvalue weighted by atomic mass is 10.2. The van der Waals surface area contributed by atoms with Crippen molar-refractivity contribution in [2.24, 2.45) is 0 Å². The summed E-state index contributed by atoms with van der Waals surface area (Å²) in [4.78, 5) is 12.0. The van der Waals surface area contributed by atoms with Gasteiger partial charge in [-0.05, 0) is 58.7 Å². The number of nitrogens with one attached hydrogen (secondary N) is 1. The number of carbonyl (C=O) groups is 1. The van der Waals surface area contributed by atoms with Crippen molar-refractivity contribution in [1.29, 1.82) is 0 Å². The molecule has 0 radical (unpaired) electrons. The lowest BCUT2D eigenvalue weighted by molar-refractivity contribution is 0.102. The monoisotopic (exact) mass is 385 g/mol. The van der Waals surface area contributed by atoms with E-state index in [1.54, 1.807) is 0 Å². The van der Waals surface area contributed by atoms with Gasteiger partial charge in [-0.3, -0.25) is 4.79 Å². The third kappa shape index (κ3) is 3.42. The van der Waals surface area contributed by atoms with Gasteiger partial charge in [-0.15, -0.1) is 0 Å². The van der Waals surface area contributed by atoms with Crippen molar-refractivity contribution in [3.63, 3.8) is 0 Å². The van der Waals surface area contributed by atoms with Gasteiger partial charge in [-0.2, -0.15) is 0 Å². The highest BCUT2D eigenvalue weighted by molar-refractivity contribution is 9.10. The molecule has 1 N–H and O–H groups in total. The van der Waals surface area contributed by atoms with Gasteiger partial charge >= 0.3 is 0 Å². The van der Waals surface area contributed by atoms with Crippen LogP contribution in [0.2, 0.25) is 0 Å². The number of benzene rings is 2. The summed E-state index contributed by atoms with van der Waals surface area (Å²) in [6.45, 7) is 1.97. The molecule has 0 saturated heterocycles. The van der Waals surface area contributed by atoms with E-state index in [0.29, 0.717) is 11.3 Å². The maximum atomic E-state index is 13.1. The summed E-state index contributed by atoms with van der Waals surface area (Å²) in [7, 11) is 0. The average molecular weight is 387 g/mol. The highest BCUT2D eigenvalue weighted by Crippen LogP contribution is 2.22. The molecule has 2 rings (SSSR count). The second kappa shape index (κ2) is 5.84. The molecule has 2 aromatic rings. The Balaban J connectivity index is 2.20. The predicted molar refractivity (Wildman–Crippen MR) is 80.9 cm³/mol. The van der Waals surface area contributed by atoms with E-state index in [9.17, 15) is 9.18 Å². The molecule has 0 aliphatic heterocycles. The molecular formula is C14H10Br2FNO. The molecule has 0 fully saturated rings. The molecule has 0 bridgehead atoms. The molecule has 0 atom stereocenters. The van der Waals surface area contributed by atoms with Gasteiger partial charge in [-0.1, -0.05) is 22.0 Å². The maximum Gasteiger partial charge on any atom is 0.255 e. The zero-order chi connectivity index (χ0) is 14.0. The Morgan fingerprint density at radius 2 is 1.84 bits per heavy atom. The second-order valence-corrected chi connectivity index (χ2v) is 5.76. The molecule has 0 aliphatic rings. The van der Waals surface area contributed by atoms with Gasteiger partial charge in [0.1, 0.15) is 5.82 Å². The summed E-state index contributed by atoms with van der Waals surface area (Å²) in [5, 5.41) is 2.76. The first-order chi connectivity index (χ1) is 8.97. The minimum atomic E-state index is -0.394. The third-order valence-electron chi connectivity index (χ3n) is 2.61. The van der Waals surface area contributed by atoms with E-state index in [1.165, 1.54) is 18.2 Å². The summed E-state index contributed by atoms with van der Waals surface area (Å²) in [5.41, 5.74) is 2.16. The van der Waals surface area contributed by atoms with E-state index in [1.807, 2.05) is 25.1 Å². The molecule has 0 spiro atoms. The largest absolute Gasteiger partial charge is 0.322 e. The van der Waals surface area contributed by atoms with Crippen LogP contribution in [0.3, 0.4) is 0 Å². The van der Waals surface area contributed by atoms with Gasteiger partial charge in [0, 0.05) is 15.7 Å². The van der Waals surface area contributed by atoms with E-state index in [0.717, 1.165) is 10.0 Å². The van der Waals surface area contributed by atoms with E-state index >= 15 is 0 Å². The quantitative estimate of drug-likeness (QED) is 0.780. The maximum absolute atomic E-state index is 13.1. The van der Waals surface area contributed by atoms with Gasteiger partial charge in [0.2, 0.25) is 0 Å². The van der Waals surface area contributed by atoms with Gasteiger partial charge in [-0.25, -0.2) is 4.39 Å². The van der Waals surface area contributed by atoms with Crippen LogP contribution in [0.15, 0.2) is 45.3 Å². The van der Waals surface area contributed by atoms with Gasteiger partial charge < -0.3 is 5.32 Å². The Hall–Kier alpha value is -1.20. The fraction of sp³-hybridized carbons (Fsp3) is 0.0714. The third-order valence-corrected chi connectivity index (χ3v) is 4.07. The van der Waals surface area contributed by atoms with E-state index in [4.69, 9.17) is 0 Å². The standard InChI is InChI=1S/C14H10Br2FNO/c1-8-2-4-10(7-11(8)15)18-14(19)9-3-5-13(17)12(16)6-9/h2-7H,1H3,(H,18,19). The SMILES string of the molecule is Cc1ccc(NC(=O)c2ccc(F)c(Br)c2)cc1Br. The zero-order valence-electron chi connectivity index (χ0n) is 10.0. The first-order valence-electron chi connectivity index (χ1n) is 5.50. The first-order valence-corrected chi connectivity index (χ1v) is 7.08. The number of aryl methyl sites for hydroxylation is 1. The molecule has 0 saturated carbocycles. The van der Waals surface area contributed by atoms with Crippen LogP contribution >= 0.6 is 31.9 Å². The number of halogens is 3. The van der Waals surface area contributed by atoms with Crippen LogP contribution < -0.4 is 5.32 Å². The molecule has 0 heterocycles. The lowest BCUT2D eigenvalue weighted by Gasteiger charge is -2.07. The fourth-order valence-corrected chi connectivity index (χ4v) is 2.27. The van der Waals surface area contributed by atoms with Crippen LogP contribution in [-0.2, 0) is 0 Å². The normalized spacial score (nSPS) is 10.3. The molecule has 0 unspecified atom stereocenters. The smallest absolute Gasteiger partial charge is 0.255 e. The topological polar surface area (TPSA) is 29.1 Å². The number of carbonyl (C=O) groups excluding carboxylic acids is 1. The van der Waals surface area contributed by atoms with Gasteiger partial charge in [0.15, 0.2) is 0 Å². The molecule has 19 heavy (non-hydrogen) atoms. The summed E-state index contributed by atoms with van der Waals surface area (Å²) >= 11 is 6.46. The van der Waals surface area contributed by atoms with Crippen LogP contribution in [0.4, 0.5) is 10.1 Å². The average Bonchev–Trinajstić information content (AvgIpc) is 2.37. The number of amides is 1. The zero-order valence-corrected chi connectivity index (χ0v) is 13.2. The number of hydrogen-bond donors (Lipinski definition) is 1. The van der Waals surface area contributed by atoms with E-state index in [-0.39, 0.29) is 10.4 Å². The van der Waals surface area contributed by atoms with Crippen LogP contribution in [0.25, 0.3) is 0 Å². The molecule has 5 heteroatoms. The van der Waals surface area contributed by atoms with Crippen molar-refractivity contribution in [3.8, 4) is 0 Å². The molecule has 0 aliphatic carbocycles. The Labute approximate surface area is 127 Å².